The molecule has 0 radical (unpaired) electrons. The van der Waals surface area contributed by atoms with Crippen LogP contribution in [0.1, 0.15) is 58.2 Å². The first kappa shape index (κ1) is 16.2. The van der Waals surface area contributed by atoms with Crippen LogP contribution < -0.4 is 0 Å². The molecule has 0 saturated heterocycles. The van der Waals surface area contributed by atoms with Crippen molar-refractivity contribution in [2.45, 2.75) is 26.1 Å². The fourth-order valence-electron chi connectivity index (χ4n) is 2.38. The Morgan fingerprint density at radius 1 is 0.864 bits per heavy atom. The van der Waals surface area contributed by atoms with E-state index in [0.717, 1.165) is 35.1 Å². The summed E-state index contributed by atoms with van der Waals surface area (Å²) < 4.78 is 10.5. The van der Waals surface area contributed by atoms with Crippen LogP contribution in [0.15, 0.2) is 12.1 Å². The van der Waals surface area contributed by atoms with E-state index < -0.39 is 0 Å². The maximum absolute atomic E-state index is 11.2. The lowest BCUT2D eigenvalue weighted by atomic mass is 10.1. The highest BCUT2D eigenvalue weighted by Crippen LogP contribution is 2.30. The zero-order chi connectivity index (χ0) is 16.3. The molecule has 2 heterocycles. The van der Waals surface area contributed by atoms with E-state index in [0.29, 0.717) is 11.4 Å². The average molecular weight is 304 g/mol. The number of methoxy groups -OCH3 is 2. The molecule has 2 atom stereocenters. The van der Waals surface area contributed by atoms with Gasteiger partial charge in [-0.25, -0.2) is 0 Å². The van der Waals surface area contributed by atoms with Gasteiger partial charge in [-0.15, -0.1) is 0 Å². The van der Waals surface area contributed by atoms with Gasteiger partial charge >= 0.3 is 0 Å². The first-order valence-electron chi connectivity index (χ1n) is 6.97. The van der Waals surface area contributed by atoms with Crippen LogP contribution >= 0.6 is 0 Å². The molecule has 0 aliphatic heterocycles. The molecule has 0 amide bonds. The third-order valence-electron chi connectivity index (χ3n) is 3.87. The summed E-state index contributed by atoms with van der Waals surface area (Å²) in [6, 6.07) is 3.69. The fourth-order valence-corrected chi connectivity index (χ4v) is 2.38. The van der Waals surface area contributed by atoms with E-state index in [2.05, 4.69) is 9.97 Å². The summed E-state index contributed by atoms with van der Waals surface area (Å²) in [6.07, 6.45) is 1.11. The van der Waals surface area contributed by atoms with Crippen LogP contribution in [-0.4, -0.2) is 36.8 Å². The van der Waals surface area contributed by atoms with Crippen molar-refractivity contribution in [1.82, 2.24) is 9.97 Å². The summed E-state index contributed by atoms with van der Waals surface area (Å²) in [5.74, 6) is 0. The second kappa shape index (κ2) is 6.72. The molecule has 2 aromatic rings. The van der Waals surface area contributed by atoms with Crippen molar-refractivity contribution in [3.05, 3.63) is 34.6 Å². The second-order valence-corrected chi connectivity index (χ2v) is 5.10. The molecule has 0 bridgehead atoms. The molecule has 0 saturated carbocycles. The topological polar surface area (TPSA) is 84.2 Å². The second-order valence-electron chi connectivity index (χ2n) is 5.10. The minimum absolute atomic E-state index is 0.205. The molecule has 2 rings (SSSR count). The number of carbonyl (C=O) groups excluding carboxylic acids is 2. The maximum atomic E-state index is 11.2. The minimum atomic E-state index is -0.205. The number of ether oxygens (including phenoxy) is 2. The van der Waals surface area contributed by atoms with Gasteiger partial charge in [0.25, 0.3) is 0 Å². The van der Waals surface area contributed by atoms with E-state index in [9.17, 15) is 9.59 Å². The highest BCUT2D eigenvalue weighted by Gasteiger charge is 2.18. The van der Waals surface area contributed by atoms with Gasteiger partial charge in [0.1, 0.15) is 0 Å². The van der Waals surface area contributed by atoms with Crippen molar-refractivity contribution < 1.29 is 19.1 Å². The van der Waals surface area contributed by atoms with E-state index >= 15 is 0 Å². The number of H-pyrrole nitrogens is 2. The van der Waals surface area contributed by atoms with Crippen molar-refractivity contribution in [2.75, 3.05) is 14.2 Å². The molecule has 22 heavy (non-hydrogen) atoms. The molecule has 2 aromatic heterocycles. The van der Waals surface area contributed by atoms with E-state index in [-0.39, 0.29) is 12.2 Å². The molecule has 118 valence electrons. The van der Waals surface area contributed by atoms with Gasteiger partial charge in [0.2, 0.25) is 0 Å². The number of hydrogen-bond acceptors (Lipinski definition) is 4. The zero-order valence-corrected chi connectivity index (χ0v) is 13.1. The molecule has 6 heteroatoms. The Bertz CT molecular complexity index is 613. The Labute approximate surface area is 128 Å². The van der Waals surface area contributed by atoms with Crippen LogP contribution in [0.2, 0.25) is 0 Å². The number of aromatic amines is 2. The van der Waals surface area contributed by atoms with E-state index in [1.54, 1.807) is 14.2 Å². The first-order valence-corrected chi connectivity index (χ1v) is 6.97. The Morgan fingerprint density at radius 3 is 1.50 bits per heavy atom. The molecule has 0 aliphatic rings. The van der Waals surface area contributed by atoms with Gasteiger partial charge in [0, 0.05) is 25.3 Å². The van der Waals surface area contributed by atoms with Gasteiger partial charge in [-0.2, -0.15) is 0 Å². The first-order chi connectivity index (χ1) is 10.5. The molecule has 0 aliphatic carbocycles. The lowest BCUT2D eigenvalue weighted by Crippen LogP contribution is -1.97. The SMILES string of the molecule is COC(C)c1cc(-c2cc(C(C)OC)c(C=O)[nH]2)[nH]c1C=O. The summed E-state index contributed by atoms with van der Waals surface area (Å²) in [5.41, 5.74) is 3.92. The van der Waals surface area contributed by atoms with Crippen LogP contribution in [0, 0.1) is 0 Å². The minimum Gasteiger partial charge on any atom is -0.377 e. The van der Waals surface area contributed by atoms with Gasteiger partial charge in [-0.3, -0.25) is 9.59 Å². The highest BCUT2D eigenvalue weighted by atomic mass is 16.5. The van der Waals surface area contributed by atoms with Crippen LogP contribution in [0.25, 0.3) is 11.4 Å². The summed E-state index contributed by atoms with van der Waals surface area (Å²) in [4.78, 5) is 28.5. The maximum Gasteiger partial charge on any atom is 0.166 e. The predicted octanol–water partition coefficient (Wildman–Crippen LogP) is 3.05. The molecule has 0 aromatic carbocycles. The number of carbonyl (C=O) groups is 2. The van der Waals surface area contributed by atoms with E-state index in [1.165, 1.54) is 0 Å². The highest BCUT2D eigenvalue weighted by molar-refractivity contribution is 5.81. The summed E-state index contributed by atoms with van der Waals surface area (Å²) in [5, 5.41) is 0. The smallest absolute Gasteiger partial charge is 0.166 e. The summed E-state index contributed by atoms with van der Waals surface area (Å²) >= 11 is 0. The Balaban J connectivity index is 2.48. The van der Waals surface area contributed by atoms with Crippen LogP contribution in [-0.2, 0) is 9.47 Å². The molecule has 0 spiro atoms. The molecule has 6 nitrogen and oxygen atoms in total. The van der Waals surface area contributed by atoms with Crippen molar-refractivity contribution in [3.8, 4) is 11.4 Å². The molecule has 2 N–H and O–H groups in total. The Hall–Kier alpha value is -2.18. The number of aromatic nitrogens is 2. The number of hydrogen-bond donors (Lipinski definition) is 2. The normalized spacial score (nSPS) is 13.8. The number of rotatable bonds is 7. The molecular weight excluding hydrogens is 284 g/mol. The van der Waals surface area contributed by atoms with Crippen molar-refractivity contribution in [1.29, 1.82) is 0 Å². The predicted molar refractivity (Wildman–Crippen MR) is 82.2 cm³/mol. The Kier molecular flexibility index (Phi) is 4.95. The molecule has 2 unspecified atom stereocenters. The van der Waals surface area contributed by atoms with Crippen molar-refractivity contribution >= 4 is 12.6 Å². The number of aldehydes is 2. The monoisotopic (exact) mass is 304 g/mol. The van der Waals surface area contributed by atoms with E-state index in [4.69, 9.17) is 9.47 Å². The van der Waals surface area contributed by atoms with Crippen molar-refractivity contribution in [2.24, 2.45) is 0 Å². The quantitative estimate of drug-likeness (QED) is 0.770. The largest absolute Gasteiger partial charge is 0.377 e. The van der Waals surface area contributed by atoms with Gasteiger partial charge in [-0.05, 0) is 26.0 Å². The molecule has 0 fully saturated rings. The zero-order valence-electron chi connectivity index (χ0n) is 13.1. The number of nitrogens with one attached hydrogen (secondary N) is 2. The Morgan fingerprint density at radius 2 is 1.23 bits per heavy atom. The van der Waals surface area contributed by atoms with Gasteiger partial charge in [-0.1, -0.05) is 0 Å². The van der Waals surface area contributed by atoms with Gasteiger partial charge < -0.3 is 19.4 Å². The fraction of sp³-hybridized carbons (Fsp3) is 0.375. The van der Waals surface area contributed by atoms with Gasteiger partial charge in [0.05, 0.1) is 35.0 Å². The van der Waals surface area contributed by atoms with Crippen LogP contribution in [0.4, 0.5) is 0 Å². The third kappa shape index (κ3) is 2.88. The summed E-state index contributed by atoms with van der Waals surface area (Å²) in [6.45, 7) is 3.73. The van der Waals surface area contributed by atoms with Crippen LogP contribution in [0.5, 0.6) is 0 Å². The van der Waals surface area contributed by atoms with Crippen molar-refractivity contribution in [3.63, 3.8) is 0 Å². The molecular formula is C16H20N2O4. The average Bonchev–Trinajstić information content (AvgIpc) is 3.16. The lowest BCUT2D eigenvalue weighted by Gasteiger charge is -2.07. The van der Waals surface area contributed by atoms with Crippen LogP contribution in [0.3, 0.4) is 0 Å². The third-order valence-corrected chi connectivity index (χ3v) is 3.87. The lowest BCUT2D eigenvalue weighted by molar-refractivity contribution is 0.107. The summed E-state index contributed by atoms with van der Waals surface area (Å²) in [7, 11) is 3.17. The van der Waals surface area contributed by atoms with Gasteiger partial charge in [0.15, 0.2) is 12.6 Å². The standard InChI is InChI=1S/C16H20N2O4/c1-9(21-3)11-5-13(17-15(11)7-19)14-6-12(10(2)22-4)16(8-20)18-14/h5-10,17-18H,1-4H3. The van der Waals surface area contributed by atoms with E-state index in [1.807, 2.05) is 26.0 Å².